The number of nitrogens with one attached hydrogen (secondary N) is 2. The van der Waals surface area contributed by atoms with E-state index in [1.54, 1.807) is 11.3 Å². The lowest BCUT2D eigenvalue weighted by Crippen LogP contribution is -2.57. The third-order valence-electron chi connectivity index (χ3n) is 4.23. The van der Waals surface area contributed by atoms with Gasteiger partial charge in [0.15, 0.2) is 0 Å². The van der Waals surface area contributed by atoms with Crippen LogP contribution in [0.25, 0.3) is 0 Å². The van der Waals surface area contributed by atoms with Crippen molar-refractivity contribution >= 4 is 17.4 Å². The molecule has 2 heterocycles. The topological polar surface area (TPSA) is 66.5 Å². The summed E-state index contributed by atoms with van der Waals surface area (Å²) in [6.07, 6.45) is 0.985. The van der Waals surface area contributed by atoms with Crippen molar-refractivity contribution in [3.8, 4) is 0 Å². The zero-order valence-electron chi connectivity index (χ0n) is 13.6. The molecule has 1 atom stereocenters. The summed E-state index contributed by atoms with van der Waals surface area (Å²) in [5.74, 6) is 0. The van der Waals surface area contributed by atoms with E-state index in [0.717, 1.165) is 43.4 Å². The van der Waals surface area contributed by atoms with Gasteiger partial charge in [0.1, 0.15) is 5.01 Å². The first-order valence-electron chi connectivity index (χ1n) is 7.79. The van der Waals surface area contributed by atoms with E-state index in [-0.39, 0.29) is 11.6 Å². The molecule has 1 aromatic heterocycles. The SMILES string of the molecule is CCC(C)(CNC(=O)NCc1nc(C)cs1)N1CCOCC1. The highest BCUT2D eigenvalue weighted by Gasteiger charge is 2.31. The lowest BCUT2D eigenvalue weighted by atomic mass is 9.95. The monoisotopic (exact) mass is 326 g/mol. The molecule has 7 heteroatoms. The molecule has 1 aromatic rings. The Labute approximate surface area is 136 Å². The molecule has 0 spiro atoms. The molecule has 1 aliphatic heterocycles. The van der Waals surface area contributed by atoms with Crippen LogP contribution in [0.4, 0.5) is 4.79 Å². The van der Waals surface area contributed by atoms with Gasteiger partial charge in [0.2, 0.25) is 0 Å². The maximum Gasteiger partial charge on any atom is 0.315 e. The van der Waals surface area contributed by atoms with Crippen molar-refractivity contribution in [3.63, 3.8) is 0 Å². The van der Waals surface area contributed by atoms with Crippen molar-refractivity contribution < 1.29 is 9.53 Å². The number of thiazole rings is 1. The number of aryl methyl sites for hydroxylation is 1. The Morgan fingerprint density at radius 2 is 2.18 bits per heavy atom. The fourth-order valence-electron chi connectivity index (χ4n) is 2.54. The van der Waals surface area contributed by atoms with Crippen LogP contribution in [0.3, 0.4) is 0 Å². The van der Waals surface area contributed by atoms with E-state index < -0.39 is 0 Å². The average molecular weight is 326 g/mol. The Morgan fingerprint density at radius 1 is 1.45 bits per heavy atom. The maximum absolute atomic E-state index is 12.0. The number of amides is 2. The van der Waals surface area contributed by atoms with E-state index in [2.05, 4.69) is 34.4 Å². The number of hydrogen-bond donors (Lipinski definition) is 2. The van der Waals surface area contributed by atoms with Gasteiger partial charge in [-0.15, -0.1) is 11.3 Å². The van der Waals surface area contributed by atoms with Gasteiger partial charge in [-0.3, -0.25) is 4.90 Å². The van der Waals surface area contributed by atoms with Crippen molar-refractivity contribution in [2.75, 3.05) is 32.8 Å². The van der Waals surface area contributed by atoms with Crippen LogP contribution in [0, 0.1) is 6.92 Å². The fourth-order valence-corrected chi connectivity index (χ4v) is 3.25. The summed E-state index contributed by atoms with van der Waals surface area (Å²) >= 11 is 1.57. The van der Waals surface area contributed by atoms with Crippen molar-refractivity contribution in [1.29, 1.82) is 0 Å². The largest absolute Gasteiger partial charge is 0.379 e. The van der Waals surface area contributed by atoms with Crippen LogP contribution in [-0.4, -0.2) is 54.3 Å². The molecule has 0 radical (unpaired) electrons. The van der Waals surface area contributed by atoms with E-state index in [9.17, 15) is 4.79 Å². The number of aromatic nitrogens is 1. The minimum Gasteiger partial charge on any atom is -0.379 e. The normalized spacial score (nSPS) is 18.7. The van der Waals surface area contributed by atoms with E-state index in [1.165, 1.54) is 0 Å². The predicted molar refractivity (Wildman–Crippen MR) is 88.2 cm³/mol. The molecule has 22 heavy (non-hydrogen) atoms. The highest BCUT2D eigenvalue weighted by Crippen LogP contribution is 2.19. The number of carbonyl (C=O) groups is 1. The minimum atomic E-state index is -0.138. The molecule has 1 fully saturated rings. The molecule has 2 N–H and O–H groups in total. The number of rotatable bonds is 6. The van der Waals surface area contributed by atoms with Crippen LogP contribution in [0.5, 0.6) is 0 Å². The molecule has 0 saturated carbocycles. The molecule has 0 aliphatic carbocycles. The predicted octanol–water partition coefficient (Wildman–Crippen LogP) is 1.75. The quantitative estimate of drug-likeness (QED) is 0.836. The molecular formula is C15H26N4O2S. The highest BCUT2D eigenvalue weighted by atomic mass is 32.1. The molecule has 0 aromatic carbocycles. The Morgan fingerprint density at radius 3 is 2.77 bits per heavy atom. The third kappa shape index (κ3) is 4.66. The first-order chi connectivity index (χ1) is 10.5. The summed E-state index contributed by atoms with van der Waals surface area (Å²) in [7, 11) is 0. The second-order valence-corrected chi connectivity index (χ2v) is 6.81. The number of urea groups is 1. The summed E-state index contributed by atoms with van der Waals surface area (Å²) in [6, 6.07) is -0.138. The van der Waals surface area contributed by atoms with E-state index >= 15 is 0 Å². The van der Waals surface area contributed by atoms with Gasteiger partial charge in [0.05, 0.1) is 19.8 Å². The standard InChI is InChI=1S/C15H26N4O2S/c1-4-15(3,19-5-7-21-8-6-19)11-17-14(20)16-9-13-18-12(2)10-22-13/h10H,4-9,11H2,1-3H3,(H2,16,17,20). The van der Waals surface area contributed by atoms with Crippen LogP contribution < -0.4 is 10.6 Å². The van der Waals surface area contributed by atoms with Gasteiger partial charge in [-0.1, -0.05) is 6.92 Å². The van der Waals surface area contributed by atoms with Gasteiger partial charge in [-0.05, 0) is 20.3 Å². The smallest absolute Gasteiger partial charge is 0.315 e. The first kappa shape index (κ1) is 17.2. The Bertz CT molecular complexity index is 488. The first-order valence-corrected chi connectivity index (χ1v) is 8.67. The molecule has 1 saturated heterocycles. The minimum absolute atomic E-state index is 0.0289. The van der Waals surface area contributed by atoms with Crippen LogP contribution in [-0.2, 0) is 11.3 Å². The molecule has 2 amide bonds. The second kappa shape index (κ2) is 7.89. The number of morpholine rings is 1. The summed E-state index contributed by atoms with van der Waals surface area (Å²) in [5.41, 5.74) is 0.965. The lowest BCUT2D eigenvalue weighted by molar-refractivity contribution is -0.0165. The molecule has 6 nitrogen and oxygen atoms in total. The molecular weight excluding hydrogens is 300 g/mol. The van der Waals surface area contributed by atoms with E-state index in [0.29, 0.717) is 13.1 Å². The number of nitrogens with zero attached hydrogens (tertiary/aromatic N) is 2. The van der Waals surface area contributed by atoms with Crippen molar-refractivity contribution in [3.05, 3.63) is 16.1 Å². The molecule has 0 bridgehead atoms. The van der Waals surface area contributed by atoms with Gasteiger partial charge >= 0.3 is 6.03 Å². The van der Waals surface area contributed by atoms with Gasteiger partial charge < -0.3 is 15.4 Å². The van der Waals surface area contributed by atoms with Crippen LogP contribution in [0.15, 0.2) is 5.38 Å². The van der Waals surface area contributed by atoms with Gasteiger partial charge in [0, 0.05) is 36.2 Å². The third-order valence-corrected chi connectivity index (χ3v) is 5.20. The summed E-state index contributed by atoms with van der Waals surface area (Å²) in [5, 5.41) is 8.78. The summed E-state index contributed by atoms with van der Waals surface area (Å²) in [4.78, 5) is 18.7. The summed E-state index contributed by atoms with van der Waals surface area (Å²) < 4.78 is 5.41. The van der Waals surface area contributed by atoms with Crippen LogP contribution in [0.2, 0.25) is 0 Å². The van der Waals surface area contributed by atoms with Crippen molar-refractivity contribution in [1.82, 2.24) is 20.5 Å². The van der Waals surface area contributed by atoms with Crippen molar-refractivity contribution in [2.24, 2.45) is 0 Å². The van der Waals surface area contributed by atoms with Crippen LogP contribution >= 0.6 is 11.3 Å². The zero-order chi connectivity index (χ0) is 16.0. The zero-order valence-corrected chi connectivity index (χ0v) is 14.5. The molecule has 1 aliphatic rings. The fraction of sp³-hybridized carbons (Fsp3) is 0.733. The summed E-state index contributed by atoms with van der Waals surface area (Å²) in [6.45, 7) is 10.8. The maximum atomic E-state index is 12.0. The Kier molecular flexibility index (Phi) is 6.16. The Balaban J connectivity index is 1.77. The lowest BCUT2D eigenvalue weighted by Gasteiger charge is -2.43. The highest BCUT2D eigenvalue weighted by molar-refractivity contribution is 7.09. The van der Waals surface area contributed by atoms with Gasteiger partial charge in [-0.2, -0.15) is 0 Å². The van der Waals surface area contributed by atoms with Gasteiger partial charge in [-0.25, -0.2) is 9.78 Å². The average Bonchev–Trinajstić information content (AvgIpc) is 2.97. The Hall–Kier alpha value is -1.18. The van der Waals surface area contributed by atoms with Crippen LogP contribution in [0.1, 0.15) is 31.0 Å². The number of hydrogen-bond acceptors (Lipinski definition) is 5. The number of carbonyl (C=O) groups excluding carboxylic acids is 1. The van der Waals surface area contributed by atoms with E-state index in [4.69, 9.17) is 4.74 Å². The second-order valence-electron chi connectivity index (χ2n) is 5.87. The number of ether oxygens (including phenoxy) is 1. The van der Waals surface area contributed by atoms with Crippen molar-refractivity contribution in [2.45, 2.75) is 39.3 Å². The molecule has 1 unspecified atom stereocenters. The van der Waals surface area contributed by atoms with E-state index in [1.807, 2.05) is 12.3 Å². The molecule has 124 valence electrons. The molecule has 2 rings (SSSR count). The van der Waals surface area contributed by atoms with Gasteiger partial charge in [0.25, 0.3) is 0 Å².